The minimum Gasteiger partial charge on any atom is -0.352 e. The summed E-state index contributed by atoms with van der Waals surface area (Å²) in [6.07, 6.45) is 2.98. The van der Waals surface area contributed by atoms with Gasteiger partial charge in [-0.25, -0.2) is 0 Å². The predicted molar refractivity (Wildman–Crippen MR) is 104 cm³/mol. The van der Waals surface area contributed by atoms with Crippen LogP contribution in [0.25, 0.3) is 0 Å². The van der Waals surface area contributed by atoms with E-state index in [-0.39, 0.29) is 23.7 Å². The zero-order valence-corrected chi connectivity index (χ0v) is 15.3. The standard InChI is InChI=1S/C21H23ClN2O2/c22-18-10-12-19(13-11-18)24-21(26)17-8-6-16(7-9-17)20(25)23-14-15-4-2-1-3-5-15/h1-5,10-13,16-17H,6-9,14H2,(H,23,25)(H,24,26). The van der Waals surface area contributed by atoms with Crippen molar-refractivity contribution in [2.75, 3.05) is 5.32 Å². The molecule has 0 aromatic heterocycles. The van der Waals surface area contributed by atoms with Crippen molar-refractivity contribution in [2.45, 2.75) is 32.2 Å². The fourth-order valence-corrected chi connectivity index (χ4v) is 3.45. The van der Waals surface area contributed by atoms with Crippen molar-refractivity contribution in [1.82, 2.24) is 5.32 Å². The van der Waals surface area contributed by atoms with E-state index in [9.17, 15) is 9.59 Å². The molecule has 2 aromatic rings. The molecule has 136 valence electrons. The van der Waals surface area contributed by atoms with Crippen molar-refractivity contribution in [2.24, 2.45) is 11.8 Å². The van der Waals surface area contributed by atoms with Crippen LogP contribution < -0.4 is 10.6 Å². The second kappa shape index (κ2) is 8.86. The Morgan fingerprint density at radius 3 is 2.04 bits per heavy atom. The average Bonchev–Trinajstić information content (AvgIpc) is 2.69. The van der Waals surface area contributed by atoms with Gasteiger partial charge in [0.05, 0.1) is 0 Å². The lowest BCUT2D eigenvalue weighted by Gasteiger charge is -2.27. The van der Waals surface area contributed by atoms with Gasteiger partial charge >= 0.3 is 0 Å². The summed E-state index contributed by atoms with van der Waals surface area (Å²) in [5.41, 5.74) is 1.85. The van der Waals surface area contributed by atoms with Gasteiger partial charge in [-0.1, -0.05) is 41.9 Å². The molecule has 4 nitrogen and oxygen atoms in total. The molecule has 1 aliphatic carbocycles. The maximum atomic E-state index is 12.4. The number of benzene rings is 2. The van der Waals surface area contributed by atoms with E-state index in [0.717, 1.165) is 36.9 Å². The molecule has 2 N–H and O–H groups in total. The van der Waals surface area contributed by atoms with Crippen LogP contribution in [0.1, 0.15) is 31.2 Å². The first-order valence-corrected chi connectivity index (χ1v) is 9.37. The van der Waals surface area contributed by atoms with Gasteiger partial charge in [-0.05, 0) is 55.5 Å². The highest BCUT2D eigenvalue weighted by Gasteiger charge is 2.29. The van der Waals surface area contributed by atoms with Crippen molar-refractivity contribution < 1.29 is 9.59 Å². The number of halogens is 1. The van der Waals surface area contributed by atoms with Crippen LogP contribution in [0, 0.1) is 11.8 Å². The second-order valence-corrected chi connectivity index (χ2v) is 7.18. The molecule has 2 amide bonds. The molecule has 0 atom stereocenters. The second-order valence-electron chi connectivity index (χ2n) is 6.75. The minimum atomic E-state index is -0.0381. The van der Waals surface area contributed by atoms with Gasteiger partial charge in [-0.2, -0.15) is 0 Å². The van der Waals surface area contributed by atoms with E-state index in [1.165, 1.54) is 0 Å². The lowest BCUT2D eigenvalue weighted by molar-refractivity contribution is -0.128. The number of amides is 2. The molecular weight excluding hydrogens is 348 g/mol. The SMILES string of the molecule is O=C(NCc1ccccc1)C1CCC(C(=O)Nc2ccc(Cl)cc2)CC1. The van der Waals surface area contributed by atoms with E-state index >= 15 is 0 Å². The molecule has 3 rings (SSSR count). The summed E-state index contributed by atoms with van der Waals surface area (Å²) in [5.74, 6) is 0.0722. The first-order valence-electron chi connectivity index (χ1n) is 9.00. The highest BCUT2D eigenvalue weighted by molar-refractivity contribution is 6.30. The molecule has 2 aromatic carbocycles. The fraction of sp³-hybridized carbons (Fsp3) is 0.333. The minimum absolute atomic E-state index is 0.00158. The molecule has 1 fully saturated rings. The van der Waals surface area contributed by atoms with Crippen molar-refractivity contribution in [3.05, 3.63) is 65.2 Å². The average molecular weight is 371 g/mol. The number of nitrogens with one attached hydrogen (secondary N) is 2. The van der Waals surface area contributed by atoms with Crippen LogP contribution >= 0.6 is 11.6 Å². The van der Waals surface area contributed by atoms with Gasteiger partial charge in [0, 0.05) is 29.1 Å². The highest BCUT2D eigenvalue weighted by atomic mass is 35.5. The molecule has 0 spiro atoms. The Balaban J connectivity index is 1.43. The number of rotatable bonds is 5. The van der Waals surface area contributed by atoms with Crippen molar-refractivity contribution >= 4 is 29.1 Å². The lowest BCUT2D eigenvalue weighted by Crippen LogP contribution is -2.35. The molecule has 5 heteroatoms. The molecule has 26 heavy (non-hydrogen) atoms. The number of carbonyl (C=O) groups excluding carboxylic acids is 2. The number of hydrogen-bond donors (Lipinski definition) is 2. The van der Waals surface area contributed by atoms with Crippen LogP contribution in [0.2, 0.25) is 5.02 Å². The van der Waals surface area contributed by atoms with E-state index in [2.05, 4.69) is 10.6 Å². The van der Waals surface area contributed by atoms with Gasteiger partial charge in [0.1, 0.15) is 0 Å². The third-order valence-electron chi connectivity index (χ3n) is 4.89. The Kier molecular flexibility index (Phi) is 6.29. The van der Waals surface area contributed by atoms with Gasteiger partial charge in [0.25, 0.3) is 0 Å². The summed E-state index contributed by atoms with van der Waals surface area (Å²) < 4.78 is 0. The van der Waals surface area contributed by atoms with E-state index in [0.29, 0.717) is 11.6 Å². The van der Waals surface area contributed by atoms with E-state index in [1.807, 2.05) is 30.3 Å². The van der Waals surface area contributed by atoms with Gasteiger partial charge in [-0.15, -0.1) is 0 Å². The first-order chi connectivity index (χ1) is 12.6. The number of carbonyl (C=O) groups is 2. The van der Waals surface area contributed by atoms with Crippen LogP contribution in [0.15, 0.2) is 54.6 Å². The van der Waals surface area contributed by atoms with Crippen LogP contribution in [0.4, 0.5) is 5.69 Å². The van der Waals surface area contributed by atoms with E-state index in [4.69, 9.17) is 11.6 Å². The summed E-state index contributed by atoms with van der Waals surface area (Å²) in [5, 5.41) is 6.58. The predicted octanol–water partition coefficient (Wildman–Crippen LogP) is 4.40. The van der Waals surface area contributed by atoms with E-state index < -0.39 is 0 Å². The molecule has 0 radical (unpaired) electrons. The van der Waals surface area contributed by atoms with Gasteiger partial charge < -0.3 is 10.6 Å². The monoisotopic (exact) mass is 370 g/mol. The number of anilines is 1. The van der Waals surface area contributed by atoms with Crippen LogP contribution in [-0.2, 0) is 16.1 Å². The van der Waals surface area contributed by atoms with Crippen LogP contribution in [0.3, 0.4) is 0 Å². The van der Waals surface area contributed by atoms with Gasteiger partial charge in [0.2, 0.25) is 11.8 Å². The Morgan fingerprint density at radius 2 is 1.42 bits per heavy atom. The van der Waals surface area contributed by atoms with E-state index in [1.54, 1.807) is 24.3 Å². The Bertz CT molecular complexity index is 738. The summed E-state index contributed by atoms with van der Waals surface area (Å²) >= 11 is 5.86. The maximum absolute atomic E-state index is 12.4. The van der Waals surface area contributed by atoms with Crippen molar-refractivity contribution in [3.8, 4) is 0 Å². The molecule has 1 aliphatic rings. The summed E-state index contributed by atoms with van der Waals surface area (Å²) in [4.78, 5) is 24.7. The molecule has 0 heterocycles. The van der Waals surface area contributed by atoms with Crippen molar-refractivity contribution in [3.63, 3.8) is 0 Å². The Morgan fingerprint density at radius 1 is 0.846 bits per heavy atom. The fourth-order valence-electron chi connectivity index (χ4n) is 3.32. The lowest BCUT2D eigenvalue weighted by atomic mass is 9.81. The summed E-state index contributed by atoms with van der Waals surface area (Å²) in [6.45, 7) is 0.552. The molecule has 0 saturated heterocycles. The maximum Gasteiger partial charge on any atom is 0.227 e. The van der Waals surface area contributed by atoms with Crippen LogP contribution in [0.5, 0.6) is 0 Å². The molecule has 1 saturated carbocycles. The third kappa shape index (κ3) is 5.09. The van der Waals surface area contributed by atoms with Crippen LogP contribution in [-0.4, -0.2) is 11.8 Å². The molecular formula is C21H23ClN2O2. The topological polar surface area (TPSA) is 58.2 Å². The summed E-state index contributed by atoms with van der Waals surface area (Å²) in [7, 11) is 0. The molecule has 0 bridgehead atoms. The van der Waals surface area contributed by atoms with Crippen molar-refractivity contribution in [1.29, 1.82) is 0 Å². The zero-order chi connectivity index (χ0) is 18.4. The van der Waals surface area contributed by atoms with Gasteiger partial charge in [-0.3, -0.25) is 9.59 Å². The van der Waals surface area contributed by atoms with Gasteiger partial charge in [0.15, 0.2) is 0 Å². The Labute approximate surface area is 158 Å². The zero-order valence-electron chi connectivity index (χ0n) is 14.6. The quantitative estimate of drug-likeness (QED) is 0.819. The summed E-state index contributed by atoms with van der Waals surface area (Å²) in [6, 6.07) is 17.0. The Hall–Kier alpha value is -2.33. The molecule has 0 aliphatic heterocycles. The smallest absolute Gasteiger partial charge is 0.227 e. The molecule has 0 unspecified atom stereocenters. The normalized spacial score (nSPS) is 19.6. The number of hydrogen-bond acceptors (Lipinski definition) is 2. The third-order valence-corrected chi connectivity index (χ3v) is 5.14. The highest BCUT2D eigenvalue weighted by Crippen LogP contribution is 2.30. The largest absolute Gasteiger partial charge is 0.352 e. The first kappa shape index (κ1) is 18.5.